The first kappa shape index (κ1) is 10.9. The van der Waals surface area contributed by atoms with Gasteiger partial charge in [-0.1, -0.05) is 42.5 Å². The number of alkyl halides is 1. The van der Waals surface area contributed by atoms with E-state index in [0.29, 0.717) is 5.88 Å². The monoisotopic (exact) mass is 242 g/mol. The van der Waals surface area contributed by atoms with E-state index < -0.39 is 0 Å². The second-order valence-electron chi connectivity index (χ2n) is 4.68. The molecule has 0 saturated carbocycles. The van der Waals surface area contributed by atoms with Crippen LogP contribution in [0.15, 0.2) is 42.5 Å². The minimum Gasteiger partial charge on any atom is -0.122 e. The normalized spacial score (nSPS) is 13.7. The molecule has 2 aromatic rings. The van der Waals surface area contributed by atoms with Gasteiger partial charge in [-0.25, -0.2) is 0 Å². The van der Waals surface area contributed by atoms with Crippen LogP contribution in [-0.4, -0.2) is 0 Å². The molecule has 1 heteroatoms. The van der Waals surface area contributed by atoms with Crippen LogP contribution in [-0.2, 0) is 25.1 Å². The van der Waals surface area contributed by atoms with E-state index in [2.05, 4.69) is 42.5 Å². The summed E-state index contributed by atoms with van der Waals surface area (Å²) in [7, 11) is 0. The average molecular weight is 243 g/mol. The van der Waals surface area contributed by atoms with E-state index in [9.17, 15) is 0 Å². The van der Waals surface area contributed by atoms with Gasteiger partial charge in [0.1, 0.15) is 0 Å². The molecule has 0 amide bonds. The van der Waals surface area contributed by atoms with Gasteiger partial charge in [-0.05, 0) is 47.1 Å². The zero-order valence-electron chi connectivity index (χ0n) is 9.75. The molecule has 0 radical (unpaired) electrons. The van der Waals surface area contributed by atoms with E-state index in [1.165, 1.54) is 27.8 Å². The van der Waals surface area contributed by atoms with Gasteiger partial charge in [-0.15, -0.1) is 11.6 Å². The predicted molar refractivity (Wildman–Crippen MR) is 72.7 cm³/mol. The second kappa shape index (κ2) is 4.54. The highest BCUT2D eigenvalue weighted by Gasteiger charge is 2.12. The number of benzene rings is 2. The SMILES string of the molecule is ClCc1ccc2c(c1)Cc1ccccc1CC2. The summed E-state index contributed by atoms with van der Waals surface area (Å²) in [6.07, 6.45) is 3.36. The van der Waals surface area contributed by atoms with Crippen LogP contribution in [0.25, 0.3) is 0 Å². The van der Waals surface area contributed by atoms with Crippen molar-refractivity contribution in [2.24, 2.45) is 0 Å². The maximum Gasteiger partial charge on any atom is 0.0474 e. The molecule has 0 N–H and O–H groups in total. The van der Waals surface area contributed by atoms with Crippen molar-refractivity contribution >= 4 is 11.6 Å². The Morgan fingerprint density at radius 1 is 0.824 bits per heavy atom. The lowest BCUT2D eigenvalue weighted by atomic mass is 9.99. The molecule has 86 valence electrons. The first-order valence-corrected chi connectivity index (χ1v) is 6.63. The highest BCUT2D eigenvalue weighted by atomic mass is 35.5. The lowest BCUT2D eigenvalue weighted by Crippen LogP contribution is -1.94. The summed E-state index contributed by atoms with van der Waals surface area (Å²) in [6.45, 7) is 0. The van der Waals surface area contributed by atoms with Crippen LogP contribution in [0, 0.1) is 0 Å². The third-order valence-electron chi connectivity index (χ3n) is 3.59. The Bertz CT molecular complexity index is 543. The summed E-state index contributed by atoms with van der Waals surface area (Å²) in [6, 6.07) is 15.4. The number of hydrogen-bond acceptors (Lipinski definition) is 0. The molecule has 0 aliphatic heterocycles. The summed E-state index contributed by atoms with van der Waals surface area (Å²) in [4.78, 5) is 0. The maximum atomic E-state index is 5.91. The fourth-order valence-corrected chi connectivity index (χ4v) is 2.79. The largest absolute Gasteiger partial charge is 0.122 e. The molecule has 0 nitrogen and oxygen atoms in total. The Kier molecular flexibility index (Phi) is 2.90. The lowest BCUT2D eigenvalue weighted by Gasteiger charge is -2.07. The molecule has 0 heterocycles. The molecule has 0 fully saturated rings. The van der Waals surface area contributed by atoms with E-state index in [1.807, 2.05) is 0 Å². The summed E-state index contributed by atoms with van der Waals surface area (Å²) in [5, 5.41) is 0. The topological polar surface area (TPSA) is 0 Å². The van der Waals surface area contributed by atoms with E-state index in [-0.39, 0.29) is 0 Å². The first-order chi connectivity index (χ1) is 8.36. The van der Waals surface area contributed by atoms with E-state index >= 15 is 0 Å². The average Bonchev–Trinajstić information content (AvgIpc) is 2.56. The molecule has 2 aromatic carbocycles. The van der Waals surface area contributed by atoms with Crippen molar-refractivity contribution in [3.05, 3.63) is 70.3 Å². The molecule has 1 aliphatic carbocycles. The highest BCUT2D eigenvalue weighted by molar-refractivity contribution is 6.17. The van der Waals surface area contributed by atoms with Crippen molar-refractivity contribution in [3.63, 3.8) is 0 Å². The van der Waals surface area contributed by atoms with Crippen LogP contribution >= 0.6 is 11.6 Å². The van der Waals surface area contributed by atoms with Crippen molar-refractivity contribution in [1.29, 1.82) is 0 Å². The summed E-state index contributed by atoms with van der Waals surface area (Å²) < 4.78 is 0. The van der Waals surface area contributed by atoms with Gasteiger partial charge in [0.25, 0.3) is 0 Å². The number of aryl methyl sites for hydroxylation is 2. The quantitative estimate of drug-likeness (QED) is 0.660. The van der Waals surface area contributed by atoms with Gasteiger partial charge >= 0.3 is 0 Å². The van der Waals surface area contributed by atoms with Gasteiger partial charge in [0.05, 0.1) is 0 Å². The third-order valence-corrected chi connectivity index (χ3v) is 3.90. The van der Waals surface area contributed by atoms with E-state index in [0.717, 1.165) is 19.3 Å². The van der Waals surface area contributed by atoms with Crippen molar-refractivity contribution in [1.82, 2.24) is 0 Å². The Balaban J connectivity index is 2.05. The van der Waals surface area contributed by atoms with Crippen molar-refractivity contribution in [3.8, 4) is 0 Å². The smallest absolute Gasteiger partial charge is 0.0474 e. The first-order valence-electron chi connectivity index (χ1n) is 6.10. The molecule has 3 rings (SSSR count). The third kappa shape index (κ3) is 2.10. The van der Waals surface area contributed by atoms with Crippen LogP contribution in [0.4, 0.5) is 0 Å². The number of fused-ring (bicyclic) bond motifs is 2. The van der Waals surface area contributed by atoms with Crippen LogP contribution in [0.1, 0.15) is 27.8 Å². The zero-order chi connectivity index (χ0) is 11.7. The Morgan fingerprint density at radius 3 is 2.29 bits per heavy atom. The van der Waals surface area contributed by atoms with Gasteiger partial charge in [0, 0.05) is 5.88 Å². The summed E-state index contributed by atoms with van der Waals surface area (Å²) >= 11 is 5.91. The van der Waals surface area contributed by atoms with Crippen LogP contribution in [0.5, 0.6) is 0 Å². The van der Waals surface area contributed by atoms with Crippen molar-refractivity contribution < 1.29 is 0 Å². The van der Waals surface area contributed by atoms with Crippen molar-refractivity contribution in [2.75, 3.05) is 0 Å². The number of halogens is 1. The van der Waals surface area contributed by atoms with Gasteiger partial charge in [-0.2, -0.15) is 0 Å². The number of rotatable bonds is 1. The summed E-state index contributed by atoms with van der Waals surface area (Å²) in [5.74, 6) is 0.606. The predicted octanol–water partition coefficient (Wildman–Crippen LogP) is 4.11. The molecule has 0 atom stereocenters. The molecule has 17 heavy (non-hydrogen) atoms. The van der Waals surface area contributed by atoms with Crippen LogP contribution in [0.3, 0.4) is 0 Å². The molecule has 0 aromatic heterocycles. The molecule has 0 saturated heterocycles. The van der Waals surface area contributed by atoms with Crippen molar-refractivity contribution in [2.45, 2.75) is 25.1 Å². The van der Waals surface area contributed by atoms with E-state index in [4.69, 9.17) is 11.6 Å². The van der Waals surface area contributed by atoms with Gasteiger partial charge in [0.15, 0.2) is 0 Å². The number of hydrogen-bond donors (Lipinski definition) is 0. The molecular formula is C16H15Cl. The molecule has 0 spiro atoms. The Hall–Kier alpha value is -1.27. The van der Waals surface area contributed by atoms with Crippen LogP contribution < -0.4 is 0 Å². The highest BCUT2D eigenvalue weighted by Crippen LogP contribution is 2.25. The fourth-order valence-electron chi connectivity index (χ4n) is 2.62. The van der Waals surface area contributed by atoms with Gasteiger partial charge in [-0.3, -0.25) is 0 Å². The molecule has 0 bridgehead atoms. The maximum absolute atomic E-state index is 5.91. The van der Waals surface area contributed by atoms with Crippen LogP contribution in [0.2, 0.25) is 0 Å². The van der Waals surface area contributed by atoms with E-state index in [1.54, 1.807) is 0 Å². The Morgan fingerprint density at radius 2 is 1.53 bits per heavy atom. The minimum atomic E-state index is 0.606. The fraction of sp³-hybridized carbons (Fsp3) is 0.250. The Labute approximate surface area is 107 Å². The molecule has 1 aliphatic rings. The lowest BCUT2D eigenvalue weighted by molar-refractivity contribution is 0.964. The molecule has 0 unspecified atom stereocenters. The molecular weight excluding hydrogens is 228 g/mol. The second-order valence-corrected chi connectivity index (χ2v) is 4.95. The summed E-state index contributed by atoms with van der Waals surface area (Å²) in [5.41, 5.74) is 7.13. The standard InChI is InChI=1S/C16H15Cl/c17-11-12-5-6-14-8-7-13-3-1-2-4-15(13)10-16(14)9-12/h1-6,9H,7-8,10-11H2. The zero-order valence-corrected chi connectivity index (χ0v) is 10.5. The van der Waals surface area contributed by atoms with Gasteiger partial charge < -0.3 is 0 Å². The van der Waals surface area contributed by atoms with Gasteiger partial charge in [0.2, 0.25) is 0 Å². The minimum absolute atomic E-state index is 0.606.